The third-order valence-corrected chi connectivity index (χ3v) is 2.83. The van der Waals surface area contributed by atoms with Crippen LogP contribution in [0.3, 0.4) is 0 Å². The standard InChI is InChI=1S/C14H9N3O5/c18-14(11-4-5-13(22-11)17(19)20)16-10-3-1-2-9(6-10)12-7-15-8-21-12/h1-8H,(H,16,18). The van der Waals surface area contributed by atoms with E-state index in [0.717, 1.165) is 11.6 Å². The molecule has 2 heterocycles. The first kappa shape index (κ1) is 13.6. The summed E-state index contributed by atoms with van der Waals surface area (Å²) in [7, 11) is 0. The van der Waals surface area contributed by atoms with Crippen LogP contribution in [0.5, 0.6) is 0 Å². The number of benzene rings is 1. The molecule has 0 aliphatic carbocycles. The van der Waals surface area contributed by atoms with Crippen LogP contribution in [0, 0.1) is 10.1 Å². The first-order valence-electron chi connectivity index (χ1n) is 6.18. The average Bonchev–Trinajstić information content (AvgIpc) is 3.19. The molecule has 3 aromatic rings. The van der Waals surface area contributed by atoms with Crippen LogP contribution in [-0.4, -0.2) is 15.8 Å². The Kier molecular flexibility index (Phi) is 3.40. The van der Waals surface area contributed by atoms with Gasteiger partial charge in [-0.2, -0.15) is 0 Å². The van der Waals surface area contributed by atoms with Crippen LogP contribution in [0.15, 0.2) is 57.8 Å². The molecule has 0 radical (unpaired) electrons. The first-order valence-corrected chi connectivity index (χ1v) is 6.18. The Bertz CT molecular complexity index is 823. The second-order valence-electron chi connectivity index (χ2n) is 4.30. The second-order valence-corrected chi connectivity index (χ2v) is 4.30. The number of hydrogen-bond acceptors (Lipinski definition) is 6. The zero-order valence-electron chi connectivity index (χ0n) is 11.1. The average molecular weight is 299 g/mol. The lowest BCUT2D eigenvalue weighted by molar-refractivity contribution is -0.402. The molecule has 8 heteroatoms. The molecule has 0 fully saturated rings. The normalized spacial score (nSPS) is 10.4. The van der Waals surface area contributed by atoms with Gasteiger partial charge in [-0.25, -0.2) is 4.98 Å². The van der Waals surface area contributed by atoms with Crippen LogP contribution < -0.4 is 5.32 Å². The SMILES string of the molecule is O=C(Nc1cccc(-c2cnco2)c1)c1ccc([N+](=O)[O-])o1. The molecule has 1 N–H and O–H groups in total. The summed E-state index contributed by atoms with van der Waals surface area (Å²) in [6.45, 7) is 0. The molecule has 0 atom stereocenters. The van der Waals surface area contributed by atoms with E-state index in [9.17, 15) is 14.9 Å². The van der Waals surface area contributed by atoms with E-state index in [4.69, 9.17) is 8.83 Å². The van der Waals surface area contributed by atoms with Crippen molar-refractivity contribution in [3.05, 3.63) is 64.9 Å². The fraction of sp³-hybridized carbons (Fsp3) is 0. The van der Waals surface area contributed by atoms with Crippen molar-refractivity contribution in [3.63, 3.8) is 0 Å². The number of aromatic nitrogens is 1. The van der Waals surface area contributed by atoms with Crippen molar-refractivity contribution >= 4 is 17.5 Å². The molecule has 1 amide bonds. The number of nitro groups is 1. The second kappa shape index (κ2) is 5.52. The summed E-state index contributed by atoms with van der Waals surface area (Å²) in [6, 6.07) is 9.27. The first-order chi connectivity index (χ1) is 10.6. The molecular formula is C14H9N3O5. The van der Waals surface area contributed by atoms with Crippen molar-refractivity contribution < 1.29 is 18.6 Å². The lowest BCUT2D eigenvalue weighted by Crippen LogP contribution is -2.10. The highest BCUT2D eigenvalue weighted by molar-refractivity contribution is 6.02. The van der Waals surface area contributed by atoms with Crippen molar-refractivity contribution in [3.8, 4) is 11.3 Å². The number of hydrogen-bond donors (Lipinski definition) is 1. The van der Waals surface area contributed by atoms with Crippen LogP contribution in [0.4, 0.5) is 11.6 Å². The van der Waals surface area contributed by atoms with E-state index in [1.807, 2.05) is 0 Å². The summed E-state index contributed by atoms with van der Waals surface area (Å²) in [5.74, 6) is -0.648. The number of carbonyl (C=O) groups excluding carboxylic acids is 1. The van der Waals surface area contributed by atoms with Gasteiger partial charge in [0, 0.05) is 11.3 Å². The molecule has 0 aliphatic heterocycles. The Balaban J connectivity index is 1.79. The van der Waals surface area contributed by atoms with Gasteiger partial charge in [-0.1, -0.05) is 12.1 Å². The highest BCUT2D eigenvalue weighted by Gasteiger charge is 2.17. The van der Waals surface area contributed by atoms with Crippen molar-refractivity contribution in [1.82, 2.24) is 4.98 Å². The minimum Gasteiger partial charge on any atom is -0.444 e. The summed E-state index contributed by atoms with van der Waals surface area (Å²) in [5.41, 5.74) is 1.23. The number of rotatable bonds is 4. The highest BCUT2D eigenvalue weighted by atomic mass is 16.6. The topological polar surface area (TPSA) is 111 Å². The number of carbonyl (C=O) groups is 1. The largest absolute Gasteiger partial charge is 0.444 e. The zero-order chi connectivity index (χ0) is 15.5. The lowest BCUT2D eigenvalue weighted by atomic mass is 10.1. The van der Waals surface area contributed by atoms with Crippen molar-refractivity contribution in [1.29, 1.82) is 0 Å². The molecule has 110 valence electrons. The van der Waals surface area contributed by atoms with E-state index < -0.39 is 16.7 Å². The monoisotopic (exact) mass is 299 g/mol. The summed E-state index contributed by atoms with van der Waals surface area (Å²) in [6.07, 6.45) is 2.86. The molecule has 0 aliphatic rings. The Labute approximate surface area is 123 Å². The smallest absolute Gasteiger partial charge is 0.433 e. The van der Waals surface area contributed by atoms with Crippen LogP contribution >= 0.6 is 0 Å². The predicted molar refractivity (Wildman–Crippen MR) is 75.3 cm³/mol. The van der Waals surface area contributed by atoms with Gasteiger partial charge in [0.05, 0.1) is 12.3 Å². The molecule has 2 aromatic heterocycles. The van der Waals surface area contributed by atoms with Gasteiger partial charge in [-0.15, -0.1) is 0 Å². The Morgan fingerprint density at radius 1 is 1.27 bits per heavy atom. The fourth-order valence-corrected chi connectivity index (χ4v) is 1.85. The zero-order valence-corrected chi connectivity index (χ0v) is 11.1. The summed E-state index contributed by atoms with van der Waals surface area (Å²) in [4.78, 5) is 25.6. The van der Waals surface area contributed by atoms with Gasteiger partial charge in [0.15, 0.2) is 17.9 Å². The van der Waals surface area contributed by atoms with Crippen LogP contribution in [0.1, 0.15) is 10.6 Å². The molecular weight excluding hydrogens is 290 g/mol. The number of nitrogens with zero attached hydrogens (tertiary/aromatic N) is 2. The molecule has 0 unspecified atom stereocenters. The van der Waals surface area contributed by atoms with Gasteiger partial charge >= 0.3 is 5.88 Å². The molecule has 0 saturated carbocycles. The van der Waals surface area contributed by atoms with E-state index in [2.05, 4.69) is 10.3 Å². The van der Waals surface area contributed by atoms with Crippen molar-refractivity contribution in [2.24, 2.45) is 0 Å². The Morgan fingerprint density at radius 2 is 2.14 bits per heavy atom. The molecule has 22 heavy (non-hydrogen) atoms. The molecule has 0 bridgehead atoms. The number of anilines is 1. The number of oxazole rings is 1. The van der Waals surface area contributed by atoms with E-state index >= 15 is 0 Å². The van der Waals surface area contributed by atoms with Gasteiger partial charge < -0.3 is 14.2 Å². The number of nitrogens with one attached hydrogen (secondary N) is 1. The van der Waals surface area contributed by atoms with Gasteiger partial charge in [-0.05, 0) is 18.2 Å². The van der Waals surface area contributed by atoms with Crippen molar-refractivity contribution in [2.75, 3.05) is 5.32 Å². The fourth-order valence-electron chi connectivity index (χ4n) is 1.85. The van der Waals surface area contributed by atoms with E-state index in [0.29, 0.717) is 11.4 Å². The van der Waals surface area contributed by atoms with Crippen molar-refractivity contribution in [2.45, 2.75) is 0 Å². The molecule has 1 aromatic carbocycles. The Morgan fingerprint density at radius 3 is 2.82 bits per heavy atom. The van der Waals surface area contributed by atoms with Gasteiger partial charge in [0.25, 0.3) is 5.91 Å². The third-order valence-electron chi connectivity index (χ3n) is 2.83. The van der Waals surface area contributed by atoms with E-state index in [-0.39, 0.29) is 5.76 Å². The minimum atomic E-state index is -0.707. The molecule has 3 rings (SSSR count). The predicted octanol–water partition coefficient (Wildman–Crippen LogP) is 3.10. The highest BCUT2D eigenvalue weighted by Crippen LogP contribution is 2.23. The van der Waals surface area contributed by atoms with Crippen LogP contribution in [-0.2, 0) is 0 Å². The maximum absolute atomic E-state index is 12.0. The quantitative estimate of drug-likeness (QED) is 0.585. The maximum atomic E-state index is 12.0. The number of furan rings is 1. The summed E-state index contributed by atoms with van der Waals surface area (Å²) >= 11 is 0. The van der Waals surface area contributed by atoms with E-state index in [1.54, 1.807) is 30.5 Å². The van der Waals surface area contributed by atoms with Crippen LogP contribution in [0.25, 0.3) is 11.3 Å². The van der Waals surface area contributed by atoms with E-state index in [1.165, 1.54) is 12.5 Å². The van der Waals surface area contributed by atoms with Gasteiger partial charge in [0.2, 0.25) is 0 Å². The number of amides is 1. The minimum absolute atomic E-state index is 0.142. The maximum Gasteiger partial charge on any atom is 0.433 e. The summed E-state index contributed by atoms with van der Waals surface area (Å²) < 4.78 is 10.0. The summed E-state index contributed by atoms with van der Waals surface area (Å²) in [5, 5.41) is 13.1. The van der Waals surface area contributed by atoms with Gasteiger partial charge in [0.1, 0.15) is 4.92 Å². The van der Waals surface area contributed by atoms with Gasteiger partial charge in [-0.3, -0.25) is 14.9 Å². The van der Waals surface area contributed by atoms with Crippen LogP contribution in [0.2, 0.25) is 0 Å². The molecule has 0 spiro atoms. The molecule has 8 nitrogen and oxygen atoms in total. The third kappa shape index (κ3) is 2.70. The lowest BCUT2D eigenvalue weighted by Gasteiger charge is -2.04. The Hall–Kier alpha value is -3.42. The molecule has 0 saturated heterocycles.